The maximum absolute atomic E-state index is 11.9. The molecular weight excluding hydrogens is 260 g/mol. The van der Waals surface area contributed by atoms with Crippen molar-refractivity contribution in [3.63, 3.8) is 0 Å². The van der Waals surface area contributed by atoms with Crippen LogP contribution in [0.2, 0.25) is 0 Å². The number of nitrogens with zero attached hydrogens (tertiary/aromatic N) is 2. The molecule has 3 N–H and O–H groups in total. The number of pyridine rings is 1. The van der Waals surface area contributed by atoms with Gasteiger partial charge in [0.1, 0.15) is 11.5 Å². The van der Waals surface area contributed by atoms with Crippen LogP contribution in [-0.4, -0.2) is 15.8 Å². The van der Waals surface area contributed by atoms with Gasteiger partial charge in [0.15, 0.2) is 0 Å². The largest absolute Gasteiger partial charge is 0.384 e. The van der Waals surface area contributed by atoms with Crippen LogP contribution in [0, 0.1) is 17.0 Å². The predicted octanol–water partition coefficient (Wildman–Crippen LogP) is 2.13. The second kappa shape index (κ2) is 5.35. The van der Waals surface area contributed by atoms with E-state index in [0.717, 1.165) is 0 Å². The van der Waals surface area contributed by atoms with Crippen molar-refractivity contribution >= 4 is 23.1 Å². The fraction of sp³-hybridized carbons (Fsp3) is 0.0769. The summed E-state index contributed by atoms with van der Waals surface area (Å²) in [4.78, 5) is 26.1. The molecule has 0 aliphatic heterocycles. The summed E-state index contributed by atoms with van der Waals surface area (Å²) in [7, 11) is 0. The fourth-order valence-electron chi connectivity index (χ4n) is 1.71. The van der Waals surface area contributed by atoms with Crippen LogP contribution in [-0.2, 0) is 0 Å². The van der Waals surface area contributed by atoms with Crippen molar-refractivity contribution in [2.24, 2.45) is 0 Å². The molecule has 1 heterocycles. The van der Waals surface area contributed by atoms with Gasteiger partial charge < -0.3 is 11.1 Å². The SMILES string of the molecule is Cc1cc(NC(=O)c2cccc(N)n2)ccc1[N+](=O)[O-]. The monoisotopic (exact) mass is 272 g/mol. The summed E-state index contributed by atoms with van der Waals surface area (Å²) in [5.41, 5.74) is 6.61. The first-order valence-corrected chi connectivity index (χ1v) is 5.76. The Labute approximate surface area is 114 Å². The zero-order valence-electron chi connectivity index (χ0n) is 10.7. The summed E-state index contributed by atoms with van der Waals surface area (Å²) in [5, 5.41) is 13.3. The standard InChI is InChI=1S/C13H12N4O3/c1-8-7-9(5-6-11(8)17(19)20)15-13(18)10-3-2-4-12(14)16-10/h2-7H,1H3,(H2,14,16)(H,15,18). The maximum atomic E-state index is 11.9. The second-order valence-electron chi connectivity index (χ2n) is 4.16. The highest BCUT2D eigenvalue weighted by atomic mass is 16.6. The Morgan fingerprint density at radius 2 is 2.10 bits per heavy atom. The van der Waals surface area contributed by atoms with Gasteiger partial charge in [-0.1, -0.05) is 6.07 Å². The highest BCUT2D eigenvalue weighted by Crippen LogP contribution is 2.21. The zero-order chi connectivity index (χ0) is 14.7. The van der Waals surface area contributed by atoms with Gasteiger partial charge in [0.2, 0.25) is 0 Å². The molecule has 7 heteroatoms. The normalized spacial score (nSPS) is 10.1. The third kappa shape index (κ3) is 2.89. The van der Waals surface area contributed by atoms with Crippen LogP contribution in [0.3, 0.4) is 0 Å². The van der Waals surface area contributed by atoms with Gasteiger partial charge in [0, 0.05) is 17.3 Å². The minimum absolute atomic E-state index is 0.00470. The molecule has 2 rings (SSSR count). The molecule has 0 saturated heterocycles. The number of aryl methyl sites for hydroxylation is 1. The second-order valence-corrected chi connectivity index (χ2v) is 4.16. The van der Waals surface area contributed by atoms with Crippen molar-refractivity contribution in [2.45, 2.75) is 6.92 Å². The van der Waals surface area contributed by atoms with E-state index in [9.17, 15) is 14.9 Å². The van der Waals surface area contributed by atoms with Gasteiger partial charge in [-0.3, -0.25) is 14.9 Å². The van der Waals surface area contributed by atoms with Crippen LogP contribution >= 0.6 is 0 Å². The Kier molecular flexibility index (Phi) is 3.60. The van der Waals surface area contributed by atoms with E-state index in [2.05, 4.69) is 10.3 Å². The quantitative estimate of drug-likeness (QED) is 0.656. The topological polar surface area (TPSA) is 111 Å². The van der Waals surface area contributed by atoms with Crippen LogP contribution in [0.4, 0.5) is 17.2 Å². The zero-order valence-corrected chi connectivity index (χ0v) is 10.7. The molecule has 7 nitrogen and oxygen atoms in total. The molecule has 0 fully saturated rings. The molecule has 102 valence electrons. The number of amides is 1. The Hall–Kier alpha value is -2.96. The van der Waals surface area contributed by atoms with Gasteiger partial charge in [-0.15, -0.1) is 0 Å². The number of aromatic nitrogens is 1. The first-order chi connectivity index (χ1) is 9.47. The minimum Gasteiger partial charge on any atom is -0.384 e. The maximum Gasteiger partial charge on any atom is 0.274 e. The number of hydrogen-bond donors (Lipinski definition) is 2. The number of nitrogens with two attached hydrogens (primary N) is 1. The van der Waals surface area contributed by atoms with Crippen LogP contribution in [0.1, 0.15) is 16.1 Å². The molecule has 20 heavy (non-hydrogen) atoms. The van der Waals surface area contributed by atoms with Crippen LogP contribution in [0.25, 0.3) is 0 Å². The summed E-state index contributed by atoms with van der Waals surface area (Å²) in [6.07, 6.45) is 0. The van der Waals surface area contributed by atoms with Crippen LogP contribution in [0.15, 0.2) is 36.4 Å². The van der Waals surface area contributed by atoms with Crippen molar-refractivity contribution in [2.75, 3.05) is 11.1 Å². The smallest absolute Gasteiger partial charge is 0.274 e. The van der Waals surface area contributed by atoms with E-state index in [1.54, 1.807) is 19.1 Å². The van der Waals surface area contributed by atoms with Gasteiger partial charge in [0.25, 0.3) is 11.6 Å². The molecule has 0 bridgehead atoms. The van der Waals surface area contributed by atoms with Gasteiger partial charge in [0.05, 0.1) is 4.92 Å². The summed E-state index contributed by atoms with van der Waals surface area (Å²) in [5.74, 6) is -0.178. The van der Waals surface area contributed by atoms with Gasteiger partial charge >= 0.3 is 0 Å². The molecule has 0 unspecified atom stereocenters. The van der Waals surface area contributed by atoms with Gasteiger partial charge in [-0.05, 0) is 31.2 Å². The van der Waals surface area contributed by atoms with Gasteiger partial charge in [-0.25, -0.2) is 4.98 Å². The van der Waals surface area contributed by atoms with E-state index in [1.807, 2.05) is 0 Å². The number of nitro groups is 1. The molecule has 0 atom stereocenters. The van der Waals surface area contributed by atoms with E-state index < -0.39 is 10.8 Å². The predicted molar refractivity (Wildman–Crippen MR) is 74.4 cm³/mol. The Balaban J connectivity index is 2.20. The van der Waals surface area contributed by atoms with Crippen LogP contribution < -0.4 is 11.1 Å². The highest BCUT2D eigenvalue weighted by molar-refractivity contribution is 6.03. The van der Waals surface area contributed by atoms with E-state index in [4.69, 9.17) is 5.73 Å². The number of nitro benzene ring substituents is 1. The number of rotatable bonds is 3. The fourth-order valence-corrected chi connectivity index (χ4v) is 1.71. The number of carbonyl (C=O) groups excluding carboxylic acids is 1. The average Bonchev–Trinajstić information content (AvgIpc) is 2.38. The number of hydrogen-bond acceptors (Lipinski definition) is 5. The molecule has 1 aromatic carbocycles. The van der Waals surface area contributed by atoms with E-state index in [-0.39, 0.29) is 17.2 Å². The molecule has 0 aliphatic carbocycles. The van der Waals surface area contributed by atoms with Crippen molar-refractivity contribution in [3.05, 3.63) is 57.8 Å². The van der Waals surface area contributed by atoms with Crippen LogP contribution in [0.5, 0.6) is 0 Å². The molecular formula is C13H12N4O3. The molecule has 2 aromatic rings. The molecule has 0 saturated carbocycles. The molecule has 1 amide bonds. The number of anilines is 2. The van der Waals surface area contributed by atoms with E-state index >= 15 is 0 Å². The lowest BCUT2D eigenvalue weighted by Gasteiger charge is -2.06. The molecule has 0 aliphatic rings. The van der Waals surface area contributed by atoms with E-state index in [0.29, 0.717) is 11.3 Å². The lowest BCUT2D eigenvalue weighted by molar-refractivity contribution is -0.385. The van der Waals surface area contributed by atoms with Crippen molar-refractivity contribution in [1.82, 2.24) is 4.98 Å². The molecule has 0 spiro atoms. The minimum atomic E-state index is -0.472. The summed E-state index contributed by atoms with van der Waals surface area (Å²) in [6, 6.07) is 9.07. The third-order valence-corrected chi connectivity index (χ3v) is 2.65. The Morgan fingerprint density at radius 3 is 2.70 bits per heavy atom. The average molecular weight is 272 g/mol. The first kappa shape index (κ1) is 13.5. The Morgan fingerprint density at radius 1 is 1.35 bits per heavy atom. The van der Waals surface area contributed by atoms with Crippen molar-refractivity contribution in [1.29, 1.82) is 0 Å². The van der Waals surface area contributed by atoms with Crippen molar-refractivity contribution < 1.29 is 9.72 Å². The van der Waals surface area contributed by atoms with Crippen molar-refractivity contribution in [3.8, 4) is 0 Å². The molecule has 0 radical (unpaired) electrons. The van der Waals surface area contributed by atoms with Gasteiger partial charge in [-0.2, -0.15) is 0 Å². The summed E-state index contributed by atoms with van der Waals surface area (Å²) >= 11 is 0. The third-order valence-electron chi connectivity index (χ3n) is 2.65. The summed E-state index contributed by atoms with van der Waals surface area (Å²) in [6.45, 7) is 1.60. The number of carbonyl (C=O) groups is 1. The lowest BCUT2D eigenvalue weighted by Crippen LogP contribution is -2.14. The molecule has 1 aromatic heterocycles. The number of nitrogens with one attached hydrogen (secondary N) is 1. The first-order valence-electron chi connectivity index (χ1n) is 5.76. The number of benzene rings is 1. The lowest BCUT2D eigenvalue weighted by atomic mass is 10.2. The Bertz CT molecular complexity index is 685. The summed E-state index contributed by atoms with van der Waals surface area (Å²) < 4.78 is 0. The highest BCUT2D eigenvalue weighted by Gasteiger charge is 2.12. The number of nitrogen functional groups attached to an aromatic ring is 1. The van der Waals surface area contributed by atoms with E-state index in [1.165, 1.54) is 24.3 Å².